The van der Waals surface area contributed by atoms with Crippen molar-refractivity contribution in [1.29, 1.82) is 0 Å². The smallest absolute Gasteiger partial charge is 0.258 e. The Hall–Kier alpha value is -2.80. The van der Waals surface area contributed by atoms with Crippen molar-refractivity contribution in [3.8, 4) is 0 Å². The summed E-state index contributed by atoms with van der Waals surface area (Å²) in [4.78, 5) is 19.8. The number of amides is 1. The maximum atomic E-state index is 14.5. The third kappa shape index (κ3) is 4.15. The van der Waals surface area contributed by atoms with Crippen LogP contribution in [-0.2, 0) is 0 Å². The zero-order chi connectivity index (χ0) is 20.5. The molecule has 1 amide bonds. The second-order valence-electron chi connectivity index (χ2n) is 6.12. The first-order valence-electron chi connectivity index (χ1n) is 8.38. The standard InChI is InChI=1S/C20H12Cl3FN4O/c21-10-3-1-4-11(7-10)25-19(29)12-8-16-17(9-15(12)24)27-20(26-16)28-18-13(22)5-2-6-14(18)23/h1-9H,(H,25,29)(H2,26,27,28). The minimum absolute atomic E-state index is 0.147. The van der Waals surface area contributed by atoms with Crippen LogP contribution in [0.5, 0.6) is 0 Å². The number of aromatic amines is 1. The number of fused-ring (bicyclic) bond motifs is 1. The second kappa shape index (κ2) is 7.91. The molecule has 4 rings (SSSR count). The number of rotatable bonds is 4. The van der Waals surface area contributed by atoms with Gasteiger partial charge in [-0.3, -0.25) is 4.79 Å². The molecular weight excluding hydrogens is 438 g/mol. The molecule has 1 aromatic heterocycles. The molecule has 4 aromatic rings. The summed E-state index contributed by atoms with van der Waals surface area (Å²) in [6, 6.07) is 14.2. The highest BCUT2D eigenvalue weighted by molar-refractivity contribution is 6.39. The Morgan fingerprint density at radius 2 is 1.72 bits per heavy atom. The predicted molar refractivity (Wildman–Crippen MR) is 115 cm³/mol. The number of hydrogen-bond donors (Lipinski definition) is 3. The summed E-state index contributed by atoms with van der Waals surface area (Å²) in [5.74, 6) is -0.997. The average molecular weight is 450 g/mol. The van der Waals surface area contributed by atoms with Crippen LogP contribution in [0.3, 0.4) is 0 Å². The van der Waals surface area contributed by atoms with Gasteiger partial charge in [0.1, 0.15) is 5.82 Å². The summed E-state index contributed by atoms with van der Waals surface area (Å²) in [6.07, 6.45) is 0. The molecule has 0 atom stereocenters. The van der Waals surface area contributed by atoms with E-state index in [4.69, 9.17) is 34.8 Å². The number of hydrogen-bond acceptors (Lipinski definition) is 3. The Morgan fingerprint density at radius 3 is 2.45 bits per heavy atom. The molecule has 0 radical (unpaired) electrons. The number of para-hydroxylation sites is 1. The number of halogens is 4. The third-order valence-electron chi connectivity index (χ3n) is 4.10. The third-order valence-corrected chi connectivity index (χ3v) is 4.97. The van der Waals surface area contributed by atoms with E-state index in [0.29, 0.717) is 43.4 Å². The van der Waals surface area contributed by atoms with E-state index in [-0.39, 0.29) is 5.56 Å². The highest BCUT2D eigenvalue weighted by atomic mass is 35.5. The van der Waals surface area contributed by atoms with Gasteiger partial charge in [0.05, 0.1) is 32.3 Å². The SMILES string of the molecule is O=C(Nc1cccc(Cl)c1)c1cc2nc(Nc3c(Cl)cccc3Cl)[nH]c2cc1F. The number of benzene rings is 3. The van der Waals surface area contributed by atoms with E-state index in [1.54, 1.807) is 42.5 Å². The Morgan fingerprint density at radius 1 is 1.00 bits per heavy atom. The van der Waals surface area contributed by atoms with Crippen LogP contribution in [0.2, 0.25) is 15.1 Å². The number of carbonyl (C=O) groups is 1. The van der Waals surface area contributed by atoms with Crippen LogP contribution in [0.4, 0.5) is 21.7 Å². The van der Waals surface area contributed by atoms with Crippen molar-refractivity contribution >= 4 is 69.1 Å². The molecule has 0 spiro atoms. The summed E-state index contributed by atoms with van der Waals surface area (Å²) in [7, 11) is 0. The predicted octanol–water partition coefficient (Wildman–Crippen LogP) is 6.66. The van der Waals surface area contributed by atoms with Crippen LogP contribution in [0.25, 0.3) is 11.0 Å². The molecule has 146 valence electrons. The molecular formula is C20H12Cl3FN4O. The van der Waals surface area contributed by atoms with Gasteiger partial charge >= 0.3 is 0 Å². The Bertz CT molecular complexity index is 1220. The van der Waals surface area contributed by atoms with Gasteiger partial charge in [0.15, 0.2) is 0 Å². The lowest BCUT2D eigenvalue weighted by Gasteiger charge is -2.06. The van der Waals surface area contributed by atoms with Crippen molar-refractivity contribution in [2.45, 2.75) is 0 Å². The molecule has 0 bridgehead atoms. The average Bonchev–Trinajstić information content (AvgIpc) is 3.05. The molecule has 0 aliphatic carbocycles. The maximum absolute atomic E-state index is 14.5. The van der Waals surface area contributed by atoms with E-state index in [1.807, 2.05) is 0 Å². The van der Waals surface area contributed by atoms with Gasteiger partial charge in [-0.15, -0.1) is 0 Å². The van der Waals surface area contributed by atoms with E-state index in [9.17, 15) is 9.18 Å². The molecule has 3 N–H and O–H groups in total. The van der Waals surface area contributed by atoms with Crippen LogP contribution in [-0.4, -0.2) is 15.9 Å². The van der Waals surface area contributed by atoms with Crippen LogP contribution in [0.15, 0.2) is 54.6 Å². The molecule has 1 heterocycles. The zero-order valence-electron chi connectivity index (χ0n) is 14.6. The molecule has 0 aliphatic heterocycles. The minimum Gasteiger partial charge on any atom is -0.324 e. The molecule has 3 aromatic carbocycles. The molecule has 5 nitrogen and oxygen atoms in total. The summed E-state index contributed by atoms with van der Waals surface area (Å²) in [5, 5.41) is 6.86. The first-order chi connectivity index (χ1) is 13.9. The normalized spacial score (nSPS) is 10.9. The molecule has 0 aliphatic rings. The highest BCUT2D eigenvalue weighted by Gasteiger charge is 2.16. The molecule has 0 saturated heterocycles. The fourth-order valence-electron chi connectivity index (χ4n) is 2.76. The highest BCUT2D eigenvalue weighted by Crippen LogP contribution is 2.32. The maximum Gasteiger partial charge on any atom is 0.258 e. The number of nitrogens with zero attached hydrogens (tertiary/aromatic N) is 1. The lowest BCUT2D eigenvalue weighted by atomic mass is 10.1. The number of carbonyl (C=O) groups excluding carboxylic acids is 1. The van der Waals surface area contributed by atoms with Crippen molar-refractivity contribution in [2.24, 2.45) is 0 Å². The van der Waals surface area contributed by atoms with Gasteiger partial charge in [-0.25, -0.2) is 9.37 Å². The molecule has 9 heteroatoms. The van der Waals surface area contributed by atoms with E-state index >= 15 is 0 Å². The van der Waals surface area contributed by atoms with Gasteiger partial charge in [0, 0.05) is 16.8 Å². The quantitative estimate of drug-likeness (QED) is 0.326. The number of nitrogens with one attached hydrogen (secondary N) is 3. The minimum atomic E-state index is -0.692. The van der Waals surface area contributed by atoms with Crippen LogP contribution >= 0.6 is 34.8 Å². The molecule has 0 fully saturated rings. The first-order valence-corrected chi connectivity index (χ1v) is 9.51. The van der Waals surface area contributed by atoms with Gasteiger partial charge in [0.2, 0.25) is 5.95 Å². The van der Waals surface area contributed by atoms with E-state index in [0.717, 1.165) is 0 Å². The van der Waals surface area contributed by atoms with Gasteiger partial charge < -0.3 is 15.6 Å². The first kappa shape index (κ1) is 19.5. The molecule has 0 saturated carbocycles. The monoisotopic (exact) mass is 448 g/mol. The van der Waals surface area contributed by atoms with Crippen molar-refractivity contribution in [2.75, 3.05) is 10.6 Å². The Balaban J connectivity index is 1.64. The lowest BCUT2D eigenvalue weighted by molar-refractivity contribution is 0.102. The number of anilines is 3. The lowest BCUT2D eigenvalue weighted by Crippen LogP contribution is -2.13. The molecule has 29 heavy (non-hydrogen) atoms. The van der Waals surface area contributed by atoms with Gasteiger partial charge in [-0.2, -0.15) is 0 Å². The summed E-state index contributed by atoms with van der Waals surface area (Å²) >= 11 is 18.2. The zero-order valence-corrected chi connectivity index (χ0v) is 16.8. The number of aromatic nitrogens is 2. The summed E-state index contributed by atoms with van der Waals surface area (Å²) in [6.45, 7) is 0. The largest absolute Gasteiger partial charge is 0.324 e. The van der Waals surface area contributed by atoms with Crippen LogP contribution < -0.4 is 10.6 Å². The van der Waals surface area contributed by atoms with Gasteiger partial charge in [0.25, 0.3) is 5.91 Å². The van der Waals surface area contributed by atoms with Crippen molar-refractivity contribution in [1.82, 2.24) is 9.97 Å². The van der Waals surface area contributed by atoms with Crippen molar-refractivity contribution in [3.63, 3.8) is 0 Å². The van der Waals surface area contributed by atoms with Gasteiger partial charge in [-0.05, 0) is 36.4 Å². The Kier molecular flexibility index (Phi) is 5.32. The fourth-order valence-corrected chi connectivity index (χ4v) is 3.45. The van der Waals surface area contributed by atoms with Gasteiger partial charge in [-0.1, -0.05) is 46.9 Å². The number of imidazole rings is 1. The fraction of sp³-hybridized carbons (Fsp3) is 0. The summed E-state index contributed by atoms with van der Waals surface area (Å²) in [5.41, 5.74) is 1.58. The van der Waals surface area contributed by atoms with Crippen LogP contribution in [0, 0.1) is 5.82 Å². The van der Waals surface area contributed by atoms with E-state index in [2.05, 4.69) is 20.6 Å². The topological polar surface area (TPSA) is 69.8 Å². The second-order valence-corrected chi connectivity index (χ2v) is 7.37. The number of H-pyrrole nitrogens is 1. The van der Waals surface area contributed by atoms with Crippen LogP contribution in [0.1, 0.15) is 10.4 Å². The van der Waals surface area contributed by atoms with E-state index in [1.165, 1.54) is 12.1 Å². The van der Waals surface area contributed by atoms with Crippen molar-refractivity contribution in [3.05, 3.63) is 81.0 Å². The summed E-state index contributed by atoms with van der Waals surface area (Å²) < 4.78 is 14.5. The Labute approximate surface area is 179 Å². The molecule has 0 unspecified atom stereocenters. The van der Waals surface area contributed by atoms with Crippen molar-refractivity contribution < 1.29 is 9.18 Å². The van der Waals surface area contributed by atoms with E-state index < -0.39 is 11.7 Å².